The Morgan fingerprint density at radius 2 is 1.95 bits per heavy atom. The molecule has 0 radical (unpaired) electrons. The number of ether oxygens (including phenoxy) is 1. The second-order valence-corrected chi connectivity index (χ2v) is 8.38. The molecule has 0 aliphatic rings. The molecule has 1 amide bonds. The summed E-state index contributed by atoms with van der Waals surface area (Å²) < 4.78 is 5.79. The molecule has 4 rings (SSSR count). The van der Waals surface area contributed by atoms with Crippen molar-refractivity contribution in [3.8, 4) is 17.7 Å². The van der Waals surface area contributed by atoms with Crippen LogP contribution in [0.15, 0.2) is 66.6 Å². The summed E-state index contributed by atoms with van der Waals surface area (Å²) in [5, 5.41) is 11.8. The first-order valence-electron chi connectivity index (χ1n) is 11.9. The number of aromatic amines is 1. The van der Waals surface area contributed by atoms with Crippen molar-refractivity contribution in [2.24, 2.45) is 0 Å². The standard InChI is InChI=1S/C28H26N8O3/c1-30-23(5-3-4-19-10-12-22(13-11-19)36(2)14-15-37)26(38)31-16-20-6-8-21(9-7-20)17-39-27-24-25(33-18-32-24)34-28(29)35-27/h5-13,18,37H,14-17H2,2H3,(H,31,38)(H3,29,32,33,34,35)/b23-5-. The quantitative estimate of drug-likeness (QED) is 0.149. The number of H-pyrrole nitrogens is 1. The summed E-state index contributed by atoms with van der Waals surface area (Å²) in [4.78, 5) is 32.8. The fraction of sp³-hybridized carbons (Fsp3) is 0.179. The number of allylic oxidation sites excluding steroid dienone is 1. The van der Waals surface area contributed by atoms with Crippen molar-refractivity contribution in [3.63, 3.8) is 0 Å². The van der Waals surface area contributed by atoms with E-state index in [1.807, 2.05) is 60.5 Å². The lowest BCUT2D eigenvalue weighted by molar-refractivity contribution is -0.117. The van der Waals surface area contributed by atoms with E-state index >= 15 is 0 Å². The van der Waals surface area contributed by atoms with Crippen LogP contribution < -0.4 is 20.7 Å². The maximum absolute atomic E-state index is 12.5. The Morgan fingerprint density at radius 1 is 1.21 bits per heavy atom. The molecule has 11 nitrogen and oxygen atoms in total. The zero-order valence-corrected chi connectivity index (χ0v) is 21.2. The first-order chi connectivity index (χ1) is 19.0. The van der Waals surface area contributed by atoms with Gasteiger partial charge < -0.3 is 30.8 Å². The maximum Gasteiger partial charge on any atom is 0.258 e. The van der Waals surface area contributed by atoms with E-state index in [-0.39, 0.29) is 31.4 Å². The van der Waals surface area contributed by atoms with Crippen LogP contribution in [-0.4, -0.2) is 51.1 Å². The van der Waals surface area contributed by atoms with Crippen LogP contribution in [0, 0.1) is 18.4 Å². The van der Waals surface area contributed by atoms with Gasteiger partial charge in [-0.05, 0) is 35.4 Å². The van der Waals surface area contributed by atoms with Gasteiger partial charge in [0.15, 0.2) is 5.65 Å². The Morgan fingerprint density at radius 3 is 2.67 bits per heavy atom. The molecule has 0 aliphatic carbocycles. The normalized spacial score (nSPS) is 10.8. The molecule has 0 spiro atoms. The highest BCUT2D eigenvalue weighted by Gasteiger charge is 2.11. The average molecular weight is 523 g/mol. The number of rotatable bonds is 9. The minimum atomic E-state index is -0.502. The molecule has 0 saturated heterocycles. The van der Waals surface area contributed by atoms with E-state index in [2.05, 4.69) is 41.9 Å². The van der Waals surface area contributed by atoms with E-state index in [1.165, 1.54) is 12.4 Å². The third-order valence-electron chi connectivity index (χ3n) is 5.64. The Labute approximate surface area is 225 Å². The summed E-state index contributed by atoms with van der Waals surface area (Å²) in [6.45, 7) is 8.44. The third-order valence-corrected chi connectivity index (χ3v) is 5.64. The van der Waals surface area contributed by atoms with Crippen LogP contribution >= 0.6 is 0 Å². The minimum Gasteiger partial charge on any atom is -0.471 e. The fourth-order valence-electron chi connectivity index (χ4n) is 3.52. The number of hydrogen-bond donors (Lipinski definition) is 4. The van der Waals surface area contributed by atoms with Gasteiger partial charge in [0.1, 0.15) is 12.1 Å². The number of amides is 1. The van der Waals surface area contributed by atoms with Gasteiger partial charge in [-0.15, -0.1) is 0 Å². The number of carbonyl (C=O) groups is 1. The van der Waals surface area contributed by atoms with E-state index < -0.39 is 5.91 Å². The van der Waals surface area contributed by atoms with Gasteiger partial charge in [-0.1, -0.05) is 36.1 Å². The van der Waals surface area contributed by atoms with E-state index in [1.54, 1.807) is 0 Å². The molecule has 5 N–H and O–H groups in total. The van der Waals surface area contributed by atoms with Gasteiger partial charge >= 0.3 is 0 Å². The number of benzene rings is 2. The van der Waals surface area contributed by atoms with Crippen LogP contribution in [0.3, 0.4) is 0 Å². The van der Waals surface area contributed by atoms with Gasteiger partial charge in [0.2, 0.25) is 11.8 Å². The van der Waals surface area contributed by atoms with Crippen molar-refractivity contribution in [1.29, 1.82) is 0 Å². The molecular weight excluding hydrogens is 496 g/mol. The zero-order valence-electron chi connectivity index (χ0n) is 21.2. The number of imidazole rings is 1. The van der Waals surface area contributed by atoms with Crippen LogP contribution in [0.5, 0.6) is 5.88 Å². The number of likely N-dealkylation sites (N-methyl/N-ethyl adjacent to an activating group) is 1. The van der Waals surface area contributed by atoms with Crippen LogP contribution in [0.2, 0.25) is 0 Å². The van der Waals surface area contributed by atoms with Gasteiger partial charge in [-0.2, -0.15) is 9.97 Å². The summed E-state index contributed by atoms with van der Waals surface area (Å²) in [6.07, 6.45) is 2.81. The van der Waals surface area contributed by atoms with Crippen molar-refractivity contribution in [1.82, 2.24) is 25.3 Å². The highest BCUT2D eigenvalue weighted by Crippen LogP contribution is 2.21. The summed E-state index contributed by atoms with van der Waals surface area (Å²) in [6, 6.07) is 15.0. The van der Waals surface area contributed by atoms with E-state index in [4.69, 9.17) is 22.1 Å². The van der Waals surface area contributed by atoms with Crippen molar-refractivity contribution in [3.05, 3.63) is 94.7 Å². The van der Waals surface area contributed by atoms with Crippen LogP contribution in [0.4, 0.5) is 11.6 Å². The number of carbonyl (C=O) groups excluding carboxylic acids is 1. The van der Waals surface area contributed by atoms with Crippen LogP contribution in [0.1, 0.15) is 16.7 Å². The number of nitrogen functional groups attached to an aromatic ring is 1. The molecule has 0 atom stereocenters. The summed E-state index contributed by atoms with van der Waals surface area (Å²) in [7, 11) is 1.89. The number of anilines is 2. The molecule has 2 aromatic carbocycles. The second kappa shape index (κ2) is 12.7. The summed E-state index contributed by atoms with van der Waals surface area (Å²) >= 11 is 0. The number of nitrogens with one attached hydrogen (secondary N) is 2. The predicted octanol–water partition coefficient (Wildman–Crippen LogP) is 2.41. The Hall–Kier alpha value is -5.39. The average Bonchev–Trinajstić information content (AvgIpc) is 3.42. The smallest absolute Gasteiger partial charge is 0.258 e. The van der Waals surface area contributed by atoms with Crippen molar-refractivity contribution < 1.29 is 14.6 Å². The monoisotopic (exact) mass is 522 g/mol. The Balaban J connectivity index is 1.29. The van der Waals surface area contributed by atoms with Crippen molar-refractivity contribution in [2.45, 2.75) is 13.2 Å². The maximum atomic E-state index is 12.5. The number of nitrogens with zero attached hydrogens (tertiary/aromatic N) is 5. The number of aliphatic hydroxyl groups excluding tert-OH is 1. The molecule has 0 saturated carbocycles. The lowest BCUT2D eigenvalue weighted by Crippen LogP contribution is -2.23. The molecule has 0 bridgehead atoms. The van der Waals surface area contributed by atoms with Gasteiger partial charge in [0, 0.05) is 37.5 Å². The van der Waals surface area contributed by atoms with Crippen LogP contribution in [0.25, 0.3) is 16.0 Å². The topological polar surface area (TPSA) is 147 Å². The molecule has 39 heavy (non-hydrogen) atoms. The molecule has 0 fully saturated rings. The van der Waals surface area contributed by atoms with Gasteiger partial charge in [0.25, 0.3) is 11.6 Å². The molecule has 2 heterocycles. The summed E-state index contributed by atoms with van der Waals surface area (Å²) in [5.41, 5.74) is 10.1. The first-order valence-corrected chi connectivity index (χ1v) is 11.9. The number of hydrogen-bond acceptors (Lipinski definition) is 8. The summed E-state index contributed by atoms with van der Waals surface area (Å²) in [5.74, 6) is 5.59. The molecule has 2 aromatic heterocycles. The van der Waals surface area contributed by atoms with E-state index in [0.29, 0.717) is 23.6 Å². The second-order valence-electron chi connectivity index (χ2n) is 8.38. The van der Waals surface area contributed by atoms with Gasteiger partial charge in [-0.25, -0.2) is 9.83 Å². The van der Waals surface area contributed by atoms with Gasteiger partial charge in [-0.3, -0.25) is 4.79 Å². The van der Waals surface area contributed by atoms with E-state index in [0.717, 1.165) is 22.4 Å². The number of aromatic nitrogens is 4. The molecule has 196 valence electrons. The minimum absolute atomic E-state index is 0.0711. The fourth-order valence-corrected chi connectivity index (χ4v) is 3.52. The van der Waals surface area contributed by atoms with Crippen molar-refractivity contribution in [2.75, 3.05) is 30.8 Å². The molecule has 0 unspecified atom stereocenters. The molecule has 4 aromatic rings. The largest absolute Gasteiger partial charge is 0.471 e. The highest BCUT2D eigenvalue weighted by molar-refractivity contribution is 5.95. The first kappa shape index (κ1) is 26.7. The lowest BCUT2D eigenvalue weighted by Gasteiger charge is -2.17. The molecule has 11 heteroatoms. The van der Waals surface area contributed by atoms with Crippen molar-refractivity contribution >= 4 is 28.7 Å². The Bertz CT molecular complexity index is 1580. The van der Waals surface area contributed by atoms with Gasteiger partial charge in [0.05, 0.1) is 19.5 Å². The zero-order chi connectivity index (χ0) is 27.6. The van der Waals surface area contributed by atoms with E-state index in [9.17, 15) is 4.79 Å². The lowest BCUT2D eigenvalue weighted by atomic mass is 10.1. The highest BCUT2D eigenvalue weighted by atomic mass is 16.5. The number of fused-ring (bicyclic) bond motifs is 1. The Kier molecular flexibility index (Phi) is 8.70. The number of aliphatic hydroxyl groups is 1. The van der Waals surface area contributed by atoms with Crippen LogP contribution in [-0.2, 0) is 17.9 Å². The molecular formula is C28H26N8O3. The number of nitrogens with two attached hydrogens (primary N) is 1. The SMILES string of the molecule is [C-]#[N+]/C(=C\C#Cc1ccc(N(C)CCO)cc1)C(=O)NCc1ccc(COc2nc(N)nc3nc[nH]c23)cc1. The molecule has 0 aliphatic heterocycles. The third kappa shape index (κ3) is 7.10. The predicted molar refractivity (Wildman–Crippen MR) is 147 cm³/mol.